The molecule has 3 aromatic carbocycles. The number of amides is 1. The molecule has 1 aliphatic rings. The molecular weight excluding hydrogens is 597 g/mol. The molecule has 9 nitrogen and oxygen atoms in total. The number of methoxy groups -OCH3 is 2. The van der Waals surface area contributed by atoms with Gasteiger partial charge in [-0.25, -0.2) is 0 Å². The second-order valence-corrected chi connectivity index (χ2v) is 10.8. The number of carbonyl (C=O) groups is 1. The lowest BCUT2D eigenvalue weighted by molar-refractivity contribution is -0.138. The van der Waals surface area contributed by atoms with Crippen LogP contribution >= 0.6 is 0 Å². The van der Waals surface area contributed by atoms with E-state index in [2.05, 4.69) is 38.8 Å². The lowest BCUT2D eigenvalue weighted by Crippen LogP contribution is -2.44. The quantitative estimate of drug-likeness (QED) is 0.250. The first kappa shape index (κ1) is 34.2. The molecule has 1 heterocycles. The van der Waals surface area contributed by atoms with Crippen LogP contribution in [0.25, 0.3) is 0 Å². The fourth-order valence-electron chi connectivity index (χ4n) is 5.00. The average Bonchev–Trinajstić information content (AvgIpc) is 3.04. The van der Waals surface area contributed by atoms with Gasteiger partial charge < -0.3 is 25.4 Å². The molecule has 46 heavy (non-hydrogen) atoms. The van der Waals surface area contributed by atoms with E-state index in [1.165, 1.54) is 26.4 Å². The number of rotatable bonds is 9. The van der Waals surface area contributed by atoms with Gasteiger partial charge in [0.15, 0.2) is 11.5 Å². The average molecular weight is 635 g/mol. The van der Waals surface area contributed by atoms with E-state index in [0.717, 1.165) is 24.7 Å². The summed E-state index contributed by atoms with van der Waals surface area (Å²) in [6.07, 6.45) is -4.58. The van der Waals surface area contributed by atoms with Crippen molar-refractivity contribution in [2.45, 2.75) is 19.6 Å². The van der Waals surface area contributed by atoms with Crippen molar-refractivity contribution in [3.05, 3.63) is 81.9 Å². The van der Waals surface area contributed by atoms with Gasteiger partial charge in [-0.1, -0.05) is 18.1 Å². The largest absolute Gasteiger partial charge is 0.493 e. The van der Waals surface area contributed by atoms with Gasteiger partial charge in [0.25, 0.3) is 5.91 Å². The van der Waals surface area contributed by atoms with Crippen LogP contribution < -0.4 is 20.5 Å². The number of aryl methyl sites for hydroxylation is 1. The number of benzene rings is 3. The molecule has 1 aliphatic heterocycles. The van der Waals surface area contributed by atoms with Gasteiger partial charge in [-0.3, -0.25) is 19.7 Å². The Morgan fingerprint density at radius 1 is 1.04 bits per heavy atom. The number of carbonyl (C=O) groups excluding carboxylic acids is 1. The van der Waals surface area contributed by atoms with Crippen LogP contribution in [0.1, 0.15) is 38.2 Å². The van der Waals surface area contributed by atoms with Gasteiger partial charge in [-0.15, -0.1) is 0 Å². The Labute approximate surface area is 266 Å². The third kappa shape index (κ3) is 8.31. The van der Waals surface area contributed by atoms with Gasteiger partial charge in [-0.2, -0.15) is 13.2 Å². The first-order chi connectivity index (χ1) is 22.0. The van der Waals surface area contributed by atoms with Gasteiger partial charge in [0.2, 0.25) is 0 Å². The van der Waals surface area contributed by atoms with Crippen LogP contribution in [0, 0.1) is 18.8 Å². The first-order valence-electron chi connectivity index (χ1n) is 14.5. The Balaban J connectivity index is 1.59. The van der Waals surface area contributed by atoms with Crippen molar-refractivity contribution in [1.82, 2.24) is 9.80 Å². The van der Waals surface area contributed by atoms with Gasteiger partial charge in [0.05, 0.1) is 32.1 Å². The molecule has 1 fully saturated rings. The first-order valence-corrected chi connectivity index (χ1v) is 14.5. The Hall–Kier alpha value is -4.70. The van der Waals surface area contributed by atoms with Crippen LogP contribution in [0.15, 0.2) is 58.5 Å². The molecule has 0 aromatic heterocycles. The molecule has 12 heteroatoms. The fraction of sp³-hybridized carbons (Fsp3) is 0.324. The van der Waals surface area contributed by atoms with Gasteiger partial charge in [0, 0.05) is 61.2 Å². The lowest BCUT2D eigenvalue weighted by atomic mass is 10.0. The molecular formula is C34H37F3N6O3. The van der Waals surface area contributed by atoms with Crippen molar-refractivity contribution >= 4 is 29.7 Å². The number of alkyl halides is 3. The number of aliphatic imine (C=N–C) groups is 2. The molecule has 1 saturated heterocycles. The second kappa shape index (κ2) is 15.1. The summed E-state index contributed by atoms with van der Waals surface area (Å²) in [4.78, 5) is 25.7. The third-order valence-electron chi connectivity index (χ3n) is 7.66. The Kier molecular flexibility index (Phi) is 11.2. The lowest BCUT2D eigenvalue weighted by Gasteiger charge is -2.33. The van der Waals surface area contributed by atoms with E-state index in [4.69, 9.17) is 15.2 Å². The summed E-state index contributed by atoms with van der Waals surface area (Å²) in [6, 6.07) is 12.1. The fourth-order valence-corrected chi connectivity index (χ4v) is 5.00. The van der Waals surface area contributed by atoms with Crippen LogP contribution in [0.2, 0.25) is 0 Å². The molecule has 0 aliphatic carbocycles. The summed E-state index contributed by atoms with van der Waals surface area (Å²) in [5.74, 6) is 6.37. The van der Waals surface area contributed by atoms with Crippen molar-refractivity contribution in [3.8, 4) is 23.3 Å². The number of anilines is 1. The third-order valence-corrected chi connectivity index (χ3v) is 7.66. The maximum atomic E-state index is 14.1. The van der Waals surface area contributed by atoms with Crippen LogP contribution in [0.5, 0.6) is 11.5 Å². The predicted molar refractivity (Wildman–Crippen MR) is 175 cm³/mol. The molecule has 0 bridgehead atoms. The van der Waals surface area contributed by atoms with Crippen molar-refractivity contribution in [3.63, 3.8) is 0 Å². The summed E-state index contributed by atoms with van der Waals surface area (Å²) in [5.41, 5.74) is 7.99. The van der Waals surface area contributed by atoms with Crippen molar-refractivity contribution < 1.29 is 27.4 Å². The monoisotopic (exact) mass is 634 g/mol. The number of likely N-dealkylation sites (N-methyl/N-ethyl adjacent to an activating group) is 1. The molecule has 242 valence electrons. The Morgan fingerprint density at radius 2 is 1.74 bits per heavy atom. The van der Waals surface area contributed by atoms with Gasteiger partial charge in [-0.05, 0) is 68.1 Å². The van der Waals surface area contributed by atoms with Crippen LogP contribution in [0.4, 0.5) is 24.5 Å². The second-order valence-electron chi connectivity index (χ2n) is 10.8. The van der Waals surface area contributed by atoms with Gasteiger partial charge >= 0.3 is 6.18 Å². The van der Waals surface area contributed by atoms with Gasteiger partial charge in [0.1, 0.15) is 5.71 Å². The van der Waals surface area contributed by atoms with Crippen LogP contribution in [-0.2, 0) is 12.7 Å². The molecule has 3 N–H and O–H groups in total. The summed E-state index contributed by atoms with van der Waals surface area (Å²) in [7, 11) is 5.00. The highest BCUT2D eigenvalue weighted by atomic mass is 19.4. The van der Waals surface area contributed by atoms with E-state index < -0.39 is 17.6 Å². The topological polar surface area (TPSA) is 105 Å². The molecule has 0 unspecified atom stereocenters. The zero-order valence-electron chi connectivity index (χ0n) is 26.3. The predicted octanol–water partition coefficient (Wildman–Crippen LogP) is 5.12. The smallest absolute Gasteiger partial charge is 0.416 e. The zero-order valence-corrected chi connectivity index (χ0v) is 26.3. The number of halogens is 3. The van der Waals surface area contributed by atoms with E-state index >= 15 is 0 Å². The highest BCUT2D eigenvalue weighted by molar-refractivity contribution is 6.16. The summed E-state index contributed by atoms with van der Waals surface area (Å²) >= 11 is 0. The summed E-state index contributed by atoms with van der Waals surface area (Å²) in [6.45, 7) is 8.54. The Bertz CT molecular complexity index is 1690. The number of nitrogens with one attached hydrogen (secondary N) is 1. The molecule has 4 rings (SSSR count). The highest BCUT2D eigenvalue weighted by Crippen LogP contribution is 2.36. The number of hydrogen-bond acceptors (Lipinski definition) is 8. The standard InChI is InChI=1S/C34H37F3N6O3/c1-22-6-7-24(16-23(22)9-11-29(40-21-38)27-18-31(45-4)32(46-5)19-30(27)39-2)33(44)41-26-10-8-25(28(17-26)34(35,36)37)20-43-14-12-42(3)13-15-43/h6-8,10,16-19H,2,12-15,20-21,38H2,1,3-5H3,(H,41,44)/b40-29-. The van der Waals surface area contributed by atoms with E-state index in [1.807, 2.05) is 18.9 Å². The van der Waals surface area contributed by atoms with Crippen molar-refractivity contribution in [2.24, 2.45) is 15.7 Å². The molecule has 0 saturated carbocycles. The van der Waals surface area contributed by atoms with Crippen LogP contribution in [-0.4, -0.2) is 82.3 Å². The van der Waals surface area contributed by atoms with E-state index in [1.54, 1.807) is 30.3 Å². The SMILES string of the molecule is C=Nc1cc(OC)c(OC)cc1/C(C#Cc1cc(C(=O)Nc2ccc(CN3CCN(C)CC3)c(C(F)(F)F)c2)ccc1C)=N\CN. The van der Waals surface area contributed by atoms with Crippen molar-refractivity contribution in [2.75, 3.05) is 59.4 Å². The number of nitrogens with zero attached hydrogens (tertiary/aromatic N) is 4. The molecule has 0 spiro atoms. The number of ether oxygens (including phenoxy) is 2. The highest BCUT2D eigenvalue weighted by Gasteiger charge is 2.34. The maximum Gasteiger partial charge on any atom is 0.416 e. The minimum atomic E-state index is -4.58. The van der Waals surface area contributed by atoms with E-state index in [0.29, 0.717) is 47.1 Å². The Morgan fingerprint density at radius 3 is 2.37 bits per heavy atom. The maximum absolute atomic E-state index is 14.1. The van der Waals surface area contributed by atoms with Crippen LogP contribution in [0.3, 0.4) is 0 Å². The van der Waals surface area contributed by atoms with Crippen molar-refractivity contribution in [1.29, 1.82) is 0 Å². The van der Waals surface area contributed by atoms with E-state index in [-0.39, 0.29) is 30.0 Å². The number of hydrogen-bond donors (Lipinski definition) is 2. The normalized spacial score (nSPS) is 14.3. The minimum absolute atomic E-state index is 0.0444. The summed E-state index contributed by atoms with van der Waals surface area (Å²) in [5, 5.41) is 2.61. The van der Waals surface area contributed by atoms with E-state index in [9.17, 15) is 18.0 Å². The molecule has 1 amide bonds. The molecule has 0 radical (unpaired) electrons. The zero-order chi connectivity index (χ0) is 33.4. The molecule has 3 aromatic rings. The molecule has 0 atom stereocenters. The number of nitrogens with two attached hydrogens (primary N) is 1. The number of piperazine rings is 1. The minimum Gasteiger partial charge on any atom is -0.493 e. The summed E-state index contributed by atoms with van der Waals surface area (Å²) < 4.78 is 53.0.